The van der Waals surface area contributed by atoms with Crippen molar-refractivity contribution in [3.8, 4) is 0 Å². The molecular formula is C20H19Cl2NO3. The number of carbonyl (C=O) groups is 2. The van der Waals surface area contributed by atoms with Gasteiger partial charge in [-0.15, -0.1) is 0 Å². The third-order valence-electron chi connectivity index (χ3n) is 4.65. The van der Waals surface area contributed by atoms with Gasteiger partial charge < -0.3 is 5.11 Å². The van der Waals surface area contributed by atoms with Crippen molar-refractivity contribution in [3.63, 3.8) is 0 Å². The van der Waals surface area contributed by atoms with Crippen molar-refractivity contribution in [2.24, 2.45) is 5.92 Å². The Morgan fingerprint density at radius 3 is 2.35 bits per heavy atom. The monoisotopic (exact) mass is 391 g/mol. The van der Waals surface area contributed by atoms with Gasteiger partial charge in [-0.25, -0.2) is 0 Å². The summed E-state index contributed by atoms with van der Waals surface area (Å²) >= 11 is 11.9. The Morgan fingerprint density at radius 1 is 1.04 bits per heavy atom. The van der Waals surface area contributed by atoms with Crippen LogP contribution in [-0.2, 0) is 17.8 Å². The predicted octanol–water partition coefficient (Wildman–Crippen LogP) is 4.33. The third-order valence-corrected chi connectivity index (χ3v) is 5.39. The maximum absolute atomic E-state index is 12.4. The first-order valence-electron chi connectivity index (χ1n) is 8.43. The summed E-state index contributed by atoms with van der Waals surface area (Å²) in [6.45, 7) is 2.06. The molecule has 1 saturated heterocycles. The van der Waals surface area contributed by atoms with Crippen LogP contribution >= 0.6 is 23.2 Å². The van der Waals surface area contributed by atoms with Gasteiger partial charge in [0.05, 0.1) is 16.0 Å². The fourth-order valence-electron chi connectivity index (χ4n) is 3.17. The average molecular weight is 392 g/mol. The van der Waals surface area contributed by atoms with Crippen molar-refractivity contribution in [2.45, 2.75) is 19.4 Å². The first kappa shape index (κ1) is 18.9. The van der Waals surface area contributed by atoms with E-state index >= 15 is 0 Å². The molecule has 0 spiro atoms. The zero-order chi connectivity index (χ0) is 18.7. The average Bonchev–Trinajstić information content (AvgIpc) is 3.07. The van der Waals surface area contributed by atoms with Gasteiger partial charge in [-0.05, 0) is 36.2 Å². The number of ketones is 1. The number of carbonyl (C=O) groups excluding carboxylic acids is 1. The maximum Gasteiger partial charge on any atom is 0.307 e. The first-order chi connectivity index (χ1) is 12.4. The standard InChI is InChI=1S/C20H19Cl2NO3/c21-17-6-3-14(9-18(17)22)10-19(24)15-4-1-13(2-5-15)11-23-8-7-16(12-23)20(25)26/h1-6,9,16H,7-8,10-12H2,(H,25,26). The van der Waals surface area contributed by atoms with Gasteiger partial charge in [0.1, 0.15) is 0 Å². The van der Waals surface area contributed by atoms with Crippen LogP contribution in [0.2, 0.25) is 10.0 Å². The number of hydrogen-bond donors (Lipinski definition) is 1. The summed E-state index contributed by atoms with van der Waals surface area (Å²) in [5, 5.41) is 9.98. The molecule has 1 atom stereocenters. The van der Waals surface area contributed by atoms with Gasteiger partial charge in [0.25, 0.3) is 0 Å². The number of carboxylic acid groups (broad SMARTS) is 1. The lowest BCUT2D eigenvalue weighted by Crippen LogP contribution is -2.22. The molecule has 0 bridgehead atoms. The number of rotatable bonds is 6. The van der Waals surface area contributed by atoms with Gasteiger partial charge in [-0.1, -0.05) is 53.5 Å². The van der Waals surface area contributed by atoms with Gasteiger partial charge in [0.2, 0.25) is 0 Å². The molecule has 0 aromatic heterocycles. The van der Waals surface area contributed by atoms with Crippen molar-refractivity contribution in [1.29, 1.82) is 0 Å². The van der Waals surface area contributed by atoms with Crippen molar-refractivity contribution in [3.05, 3.63) is 69.2 Å². The van der Waals surface area contributed by atoms with Crippen molar-refractivity contribution in [2.75, 3.05) is 13.1 Å². The Morgan fingerprint density at radius 2 is 1.73 bits per heavy atom. The zero-order valence-corrected chi connectivity index (χ0v) is 15.6. The highest BCUT2D eigenvalue weighted by Gasteiger charge is 2.27. The smallest absolute Gasteiger partial charge is 0.307 e. The molecule has 1 unspecified atom stereocenters. The van der Waals surface area contributed by atoms with Crippen LogP contribution in [0.1, 0.15) is 27.9 Å². The summed E-state index contributed by atoms with van der Waals surface area (Å²) in [5.41, 5.74) is 2.54. The number of nitrogens with zero attached hydrogens (tertiary/aromatic N) is 1. The SMILES string of the molecule is O=C(Cc1ccc(Cl)c(Cl)c1)c1ccc(CN2CCC(C(=O)O)C2)cc1. The van der Waals surface area contributed by atoms with Crippen LogP contribution in [0.25, 0.3) is 0 Å². The highest BCUT2D eigenvalue weighted by Crippen LogP contribution is 2.23. The van der Waals surface area contributed by atoms with Crippen LogP contribution < -0.4 is 0 Å². The first-order valence-corrected chi connectivity index (χ1v) is 9.19. The van der Waals surface area contributed by atoms with Gasteiger partial charge in [-0.2, -0.15) is 0 Å². The number of aliphatic carboxylic acids is 1. The van der Waals surface area contributed by atoms with Crippen LogP contribution in [0.15, 0.2) is 42.5 Å². The van der Waals surface area contributed by atoms with Crippen LogP contribution in [0.3, 0.4) is 0 Å². The minimum absolute atomic E-state index is 0.0158. The summed E-state index contributed by atoms with van der Waals surface area (Å²) in [5.74, 6) is -0.986. The van der Waals surface area contributed by atoms with E-state index in [9.17, 15) is 9.59 Å². The van der Waals surface area contributed by atoms with Crippen LogP contribution in [0, 0.1) is 5.92 Å². The molecule has 2 aromatic rings. The van der Waals surface area contributed by atoms with E-state index in [0.29, 0.717) is 35.1 Å². The van der Waals surface area contributed by atoms with E-state index in [2.05, 4.69) is 4.90 Å². The molecule has 0 saturated carbocycles. The Balaban J connectivity index is 1.59. The topological polar surface area (TPSA) is 57.6 Å². The molecule has 1 heterocycles. The van der Waals surface area contributed by atoms with Crippen molar-refractivity contribution >= 4 is 35.0 Å². The molecule has 0 radical (unpaired) electrons. The molecule has 0 aliphatic carbocycles. The molecule has 1 aliphatic heterocycles. The second kappa shape index (κ2) is 8.21. The Hall–Kier alpha value is -1.88. The Labute approximate surface area is 162 Å². The van der Waals surface area contributed by atoms with Gasteiger partial charge >= 0.3 is 5.97 Å². The molecule has 26 heavy (non-hydrogen) atoms. The highest BCUT2D eigenvalue weighted by atomic mass is 35.5. The van der Waals surface area contributed by atoms with E-state index in [1.54, 1.807) is 18.2 Å². The normalized spacial score (nSPS) is 17.4. The molecule has 6 heteroatoms. The van der Waals surface area contributed by atoms with E-state index in [0.717, 1.165) is 17.7 Å². The van der Waals surface area contributed by atoms with E-state index in [1.165, 1.54) is 0 Å². The second-order valence-corrected chi connectivity index (χ2v) is 7.42. The number of carboxylic acids is 1. The molecule has 4 nitrogen and oxygen atoms in total. The van der Waals surface area contributed by atoms with Gasteiger partial charge in [0, 0.05) is 25.1 Å². The lowest BCUT2D eigenvalue weighted by molar-refractivity contribution is -0.141. The Kier molecular flexibility index (Phi) is 5.97. The molecular weight excluding hydrogens is 373 g/mol. The van der Waals surface area contributed by atoms with Gasteiger partial charge in [0.15, 0.2) is 5.78 Å². The lowest BCUT2D eigenvalue weighted by Gasteiger charge is -2.15. The summed E-state index contributed by atoms with van der Waals surface area (Å²) in [6, 6.07) is 12.7. The molecule has 136 valence electrons. The van der Waals surface area contributed by atoms with E-state index in [4.69, 9.17) is 28.3 Å². The third kappa shape index (κ3) is 4.64. The van der Waals surface area contributed by atoms with Crippen LogP contribution in [0.4, 0.5) is 0 Å². The molecule has 3 rings (SSSR count). The van der Waals surface area contributed by atoms with Crippen molar-refractivity contribution < 1.29 is 14.7 Å². The largest absolute Gasteiger partial charge is 0.481 e. The molecule has 1 fully saturated rings. The number of halogens is 2. The highest BCUT2D eigenvalue weighted by molar-refractivity contribution is 6.42. The minimum atomic E-state index is -0.726. The number of benzene rings is 2. The summed E-state index contributed by atoms with van der Waals surface area (Å²) in [4.78, 5) is 25.6. The Bertz CT molecular complexity index is 820. The molecule has 1 aliphatic rings. The lowest BCUT2D eigenvalue weighted by atomic mass is 10.0. The number of Topliss-reactive ketones (excluding diaryl/α,β-unsaturated/α-hetero) is 1. The van der Waals surface area contributed by atoms with Crippen molar-refractivity contribution in [1.82, 2.24) is 4.90 Å². The quantitative estimate of drug-likeness (QED) is 0.744. The fourth-order valence-corrected chi connectivity index (χ4v) is 3.49. The van der Waals surface area contributed by atoms with E-state index in [1.807, 2.05) is 24.3 Å². The molecule has 0 amide bonds. The fraction of sp³-hybridized carbons (Fsp3) is 0.300. The zero-order valence-electron chi connectivity index (χ0n) is 14.1. The number of likely N-dealkylation sites (tertiary alicyclic amines) is 1. The van der Waals surface area contributed by atoms with E-state index < -0.39 is 5.97 Å². The second-order valence-electron chi connectivity index (χ2n) is 6.60. The summed E-state index contributed by atoms with van der Waals surface area (Å²) in [7, 11) is 0. The molecule has 2 aromatic carbocycles. The number of hydrogen-bond acceptors (Lipinski definition) is 3. The van der Waals surface area contributed by atoms with Crippen LogP contribution in [0.5, 0.6) is 0 Å². The molecule has 1 N–H and O–H groups in total. The van der Waals surface area contributed by atoms with Crippen LogP contribution in [-0.4, -0.2) is 34.8 Å². The van der Waals surface area contributed by atoms with E-state index in [-0.39, 0.29) is 18.1 Å². The predicted molar refractivity (Wildman–Crippen MR) is 102 cm³/mol. The summed E-state index contributed by atoms with van der Waals surface area (Å²) in [6.07, 6.45) is 0.957. The maximum atomic E-state index is 12.4. The minimum Gasteiger partial charge on any atom is -0.481 e. The van der Waals surface area contributed by atoms with Gasteiger partial charge in [-0.3, -0.25) is 14.5 Å². The summed E-state index contributed by atoms with van der Waals surface area (Å²) < 4.78 is 0.